The van der Waals surface area contributed by atoms with Crippen molar-refractivity contribution in [3.05, 3.63) is 0 Å². The zero-order valence-electron chi connectivity index (χ0n) is 9.50. The monoisotopic (exact) mass is 200 g/mol. The highest BCUT2D eigenvalue weighted by Gasteiger charge is 2.23. The first kappa shape index (κ1) is 13.1. The second-order valence-electron chi connectivity index (χ2n) is 3.60. The minimum atomic E-state index is -0.309. The van der Waals surface area contributed by atoms with Gasteiger partial charge in [0.1, 0.15) is 5.78 Å². The number of ether oxygens (including phenoxy) is 1. The molecule has 0 heterocycles. The van der Waals surface area contributed by atoms with Crippen LogP contribution >= 0.6 is 0 Å². The summed E-state index contributed by atoms with van der Waals surface area (Å²) < 4.78 is 4.53. The Bertz CT molecular complexity index is 195. The summed E-state index contributed by atoms with van der Waals surface area (Å²) >= 11 is 0. The molecule has 0 rings (SSSR count). The molecule has 0 aromatic rings. The molecule has 0 amide bonds. The summed E-state index contributed by atoms with van der Waals surface area (Å²) in [7, 11) is 1.34. The van der Waals surface area contributed by atoms with Crippen LogP contribution in [0.15, 0.2) is 0 Å². The highest BCUT2D eigenvalue weighted by molar-refractivity contribution is 5.86. The molecule has 0 aromatic carbocycles. The van der Waals surface area contributed by atoms with Crippen molar-refractivity contribution in [1.82, 2.24) is 0 Å². The molecule has 0 aromatic heterocycles. The third-order valence-electron chi connectivity index (χ3n) is 2.57. The highest BCUT2D eigenvalue weighted by atomic mass is 16.5. The van der Waals surface area contributed by atoms with E-state index in [0.29, 0.717) is 0 Å². The van der Waals surface area contributed by atoms with Crippen LogP contribution in [0, 0.1) is 11.8 Å². The maximum atomic E-state index is 11.7. The molecular formula is C11H20O3. The predicted octanol–water partition coefficient (Wildman–Crippen LogP) is 2.19. The molecule has 0 aliphatic rings. The molecule has 82 valence electrons. The third kappa shape index (κ3) is 3.90. The molecule has 0 aliphatic heterocycles. The molecule has 1 unspecified atom stereocenters. The maximum Gasteiger partial charge on any atom is 0.306 e. The Kier molecular flexibility index (Phi) is 6.17. The summed E-state index contributed by atoms with van der Waals surface area (Å²) in [5, 5.41) is 0. The molecule has 0 fully saturated rings. The van der Waals surface area contributed by atoms with Gasteiger partial charge in [-0.2, -0.15) is 0 Å². The largest absolute Gasteiger partial charge is 0.469 e. The Balaban J connectivity index is 4.16. The van der Waals surface area contributed by atoms with Crippen molar-refractivity contribution >= 4 is 11.8 Å². The van der Waals surface area contributed by atoms with Crippen LogP contribution in [0.5, 0.6) is 0 Å². The molecular weight excluding hydrogens is 180 g/mol. The molecule has 0 spiro atoms. The van der Waals surface area contributed by atoms with Crippen molar-refractivity contribution in [2.45, 2.75) is 40.0 Å². The first-order valence-corrected chi connectivity index (χ1v) is 5.17. The summed E-state index contributed by atoms with van der Waals surface area (Å²) in [4.78, 5) is 22.7. The minimum Gasteiger partial charge on any atom is -0.469 e. The molecule has 14 heavy (non-hydrogen) atoms. The lowest BCUT2D eigenvalue weighted by Crippen LogP contribution is -2.23. The third-order valence-corrected chi connectivity index (χ3v) is 2.57. The van der Waals surface area contributed by atoms with E-state index in [0.717, 1.165) is 12.8 Å². The van der Waals surface area contributed by atoms with Crippen molar-refractivity contribution in [2.75, 3.05) is 7.11 Å². The van der Waals surface area contributed by atoms with Gasteiger partial charge in [-0.05, 0) is 12.8 Å². The predicted molar refractivity (Wildman–Crippen MR) is 54.9 cm³/mol. The number of Topliss-reactive ketones (excluding diaryl/α,β-unsaturated/α-hetero) is 1. The minimum absolute atomic E-state index is 0.0923. The van der Waals surface area contributed by atoms with Crippen LogP contribution in [-0.4, -0.2) is 18.9 Å². The molecule has 1 atom stereocenters. The number of methoxy groups -OCH3 is 1. The number of hydrogen-bond acceptors (Lipinski definition) is 3. The SMILES string of the molecule is CCC(CC)C(=O)C(C)CC(=O)OC. The summed E-state index contributed by atoms with van der Waals surface area (Å²) in [6.45, 7) is 5.78. The summed E-state index contributed by atoms with van der Waals surface area (Å²) in [5.41, 5.74) is 0. The Hall–Kier alpha value is -0.860. The fourth-order valence-corrected chi connectivity index (χ4v) is 1.53. The normalized spacial score (nSPS) is 12.6. The smallest absolute Gasteiger partial charge is 0.306 e. The van der Waals surface area contributed by atoms with Crippen LogP contribution in [0.25, 0.3) is 0 Å². The van der Waals surface area contributed by atoms with Crippen molar-refractivity contribution in [1.29, 1.82) is 0 Å². The van der Waals surface area contributed by atoms with Gasteiger partial charge in [0.2, 0.25) is 0 Å². The molecule has 0 radical (unpaired) electrons. The van der Waals surface area contributed by atoms with Crippen LogP contribution in [-0.2, 0) is 14.3 Å². The topological polar surface area (TPSA) is 43.4 Å². The van der Waals surface area contributed by atoms with E-state index in [4.69, 9.17) is 0 Å². The van der Waals surface area contributed by atoms with Crippen LogP contribution in [0.4, 0.5) is 0 Å². The van der Waals surface area contributed by atoms with E-state index in [1.165, 1.54) is 7.11 Å². The van der Waals surface area contributed by atoms with Gasteiger partial charge in [0, 0.05) is 11.8 Å². The standard InChI is InChI=1S/C11H20O3/c1-5-9(6-2)11(13)8(3)7-10(12)14-4/h8-9H,5-7H2,1-4H3. The molecule has 3 heteroatoms. The van der Waals surface area contributed by atoms with Crippen molar-refractivity contribution in [2.24, 2.45) is 11.8 Å². The van der Waals surface area contributed by atoms with Gasteiger partial charge in [-0.15, -0.1) is 0 Å². The molecule has 0 aliphatic carbocycles. The molecule has 0 bridgehead atoms. The number of esters is 1. The first-order valence-electron chi connectivity index (χ1n) is 5.17. The van der Waals surface area contributed by atoms with E-state index in [1.54, 1.807) is 6.92 Å². The van der Waals surface area contributed by atoms with Crippen molar-refractivity contribution < 1.29 is 14.3 Å². The highest BCUT2D eigenvalue weighted by Crippen LogP contribution is 2.17. The van der Waals surface area contributed by atoms with Gasteiger partial charge in [-0.1, -0.05) is 20.8 Å². The summed E-state index contributed by atoms with van der Waals surface area (Å²) in [6, 6.07) is 0. The van der Waals surface area contributed by atoms with Crippen LogP contribution < -0.4 is 0 Å². The lowest BCUT2D eigenvalue weighted by atomic mass is 9.88. The molecule has 0 saturated heterocycles. The van der Waals surface area contributed by atoms with Gasteiger partial charge in [0.25, 0.3) is 0 Å². The van der Waals surface area contributed by atoms with Crippen molar-refractivity contribution in [3.8, 4) is 0 Å². The lowest BCUT2D eigenvalue weighted by molar-refractivity contribution is -0.144. The van der Waals surface area contributed by atoms with Gasteiger partial charge < -0.3 is 4.74 Å². The Morgan fingerprint density at radius 3 is 2.07 bits per heavy atom. The zero-order chi connectivity index (χ0) is 11.1. The summed E-state index contributed by atoms with van der Waals surface area (Å²) in [5.74, 6) is -0.251. The Labute approximate surface area is 85.8 Å². The van der Waals surface area contributed by atoms with E-state index in [9.17, 15) is 9.59 Å². The van der Waals surface area contributed by atoms with Gasteiger partial charge in [-0.25, -0.2) is 0 Å². The Morgan fingerprint density at radius 2 is 1.71 bits per heavy atom. The quantitative estimate of drug-likeness (QED) is 0.617. The summed E-state index contributed by atoms with van der Waals surface area (Å²) in [6.07, 6.45) is 1.90. The van der Waals surface area contributed by atoms with Crippen molar-refractivity contribution in [3.63, 3.8) is 0 Å². The number of rotatable bonds is 6. The van der Waals surface area contributed by atoms with Gasteiger partial charge in [0.05, 0.1) is 13.5 Å². The lowest BCUT2D eigenvalue weighted by Gasteiger charge is -2.15. The van der Waals surface area contributed by atoms with E-state index in [2.05, 4.69) is 4.74 Å². The molecule has 3 nitrogen and oxygen atoms in total. The second kappa shape index (κ2) is 6.57. The maximum absolute atomic E-state index is 11.7. The van der Waals surface area contributed by atoms with E-state index in [-0.39, 0.29) is 30.0 Å². The number of carbonyl (C=O) groups excluding carboxylic acids is 2. The van der Waals surface area contributed by atoms with E-state index in [1.807, 2.05) is 13.8 Å². The van der Waals surface area contributed by atoms with Gasteiger partial charge in [0.15, 0.2) is 0 Å². The average Bonchev–Trinajstić information content (AvgIpc) is 2.19. The van der Waals surface area contributed by atoms with Gasteiger partial charge in [-0.3, -0.25) is 9.59 Å². The zero-order valence-corrected chi connectivity index (χ0v) is 9.50. The molecule has 0 saturated carbocycles. The van der Waals surface area contributed by atoms with E-state index >= 15 is 0 Å². The average molecular weight is 200 g/mol. The fraction of sp³-hybridized carbons (Fsp3) is 0.818. The Morgan fingerprint density at radius 1 is 1.21 bits per heavy atom. The first-order chi connectivity index (χ1) is 6.56. The number of ketones is 1. The number of hydrogen-bond donors (Lipinski definition) is 0. The van der Waals surface area contributed by atoms with E-state index < -0.39 is 0 Å². The van der Waals surface area contributed by atoms with Crippen LogP contribution in [0.2, 0.25) is 0 Å². The van der Waals surface area contributed by atoms with Crippen LogP contribution in [0.1, 0.15) is 40.0 Å². The number of carbonyl (C=O) groups is 2. The second-order valence-corrected chi connectivity index (χ2v) is 3.60. The fourth-order valence-electron chi connectivity index (χ4n) is 1.53. The molecule has 0 N–H and O–H groups in total. The van der Waals surface area contributed by atoms with Gasteiger partial charge >= 0.3 is 5.97 Å². The van der Waals surface area contributed by atoms with Crippen LogP contribution in [0.3, 0.4) is 0 Å².